The molecule has 0 saturated heterocycles. The minimum Gasteiger partial charge on any atom is -0.369 e. The lowest BCUT2D eigenvalue weighted by atomic mass is 10.1. The average Bonchev–Trinajstić information content (AvgIpc) is 2.34. The Hall–Kier alpha value is -1.60. The summed E-state index contributed by atoms with van der Waals surface area (Å²) >= 11 is 0. The van der Waals surface area contributed by atoms with Gasteiger partial charge < -0.3 is 10.6 Å². The van der Waals surface area contributed by atoms with Crippen LogP contribution in [-0.2, 0) is 0 Å². The highest BCUT2D eigenvalue weighted by Gasteiger charge is 2.09. The number of hydrogen-bond acceptors (Lipinski definition) is 4. The summed E-state index contributed by atoms with van der Waals surface area (Å²) in [5.74, 6) is 0.553. The van der Waals surface area contributed by atoms with Crippen LogP contribution in [0.4, 0.5) is 5.69 Å². The fourth-order valence-electron chi connectivity index (χ4n) is 1.81. The molecule has 0 fully saturated rings. The zero-order valence-corrected chi connectivity index (χ0v) is 11.4. The summed E-state index contributed by atoms with van der Waals surface area (Å²) in [6, 6.07) is 6.14. The second-order valence-corrected chi connectivity index (χ2v) is 4.98. The van der Waals surface area contributed by atoms with Gasteiger partial charge in [0.2, 0.25) is 0 Å². The highest BCUT2D eigenvalue weighted by molar-refractivity contribution is 5.45. The van der Waals surface area contributed by atoms with Crippen molar-refractivity contribution in [2.24, 2.45) is 11.7 Å². The predicted molar refractivity (Wildman–Crippen MR) is 74.1 cm³/mol. The molecule has 0 aliphatic rings. The minimum atomic E-state index is -0.0447. The smallest absolute Gasteiger partial charge is 0.0640 e. The van der Waals surface area contributed by atoms with Gasteiger partial charge in [0, 0.05) is 19.1 Å². The molecule has 0 unspecified atom stereocenters. The summed E-state index contributed by atoms with van der Waals surface area (Å²) in [5, 5.41) is 8.70. The largest absolute Gasteiger partial charge is 0.369 e. The number of nitriles is 1. The Morgan fingerprint density at radius 2 is 2.11 bits per heavy atom. The van der Waals surface area contributed by atoms with Gasteiger partial charge in [-0.3, -0.25) is 4.98 Å². The Balaban J connectivity index is 2.81. The van der Waals surface area contributed by atoms with Crippen molar-refractivity contribution in [3.63, 3.8) is 0 Å². The fraction of sp³-hybridized carbons (Fsp3) is 0.571. The molecule has 1 heterocycles. The topological polar surface area (TPSA) is 65.9 Å². The molecule has 1 aromatic heterocycles. The van der Waals surface area contributed by atoms with E-state index in [0.717, 1.165) is 24.5 Å². The van der Waals surface area contributed by atoms with E-state index < -0.39 is 0 Å². The van der Waals surface area contributed by atoms with Crippen molar-refractivity contribution in [2.45, 2.75) is 33.2 Å². The molecule has 4 nitrogen and oxygen atoms in total. The van der Waals surface area contributed by atoms with E-state index in [0.29, 0.717) is 12.3 Å². The van der Waals surface area contributed by atoms with E-state index in [4.69, 9.17) is 11.0 Å². The van der Waals surface area contributed by atoms with Crippen molar-refractivity contribution in [3.8, 4) is 6.07 Å². The summed E-state index contributed by atoms with van der Waals surface area (Å²) < 4.78 is 0. The number of nitrogens with two attached hydrogens (primary N) is 1. The molecule has 0 aliphatic heterocycles. The summed E-state index contributed by atoms with van der Waals surface area (Å²) in [4.78, 5) is 6.57. The number of rotatable bonds is 6. The van der Waals surface area contributed by atoms with E-state index in [9.17, 15) is 0 Å². The quantitative estimate of drug-likeness (QED) is 0.837. The third-order valence-electron chi connectivity index (χ3n) is 2.68. The molecule has 2 N–H and O–H groups in total. The van der Waals surface area contributed by atoms with Crippen LogP contribution in [0, 0.1) is 17.2 Å². The first-order valence-corrected chi connectivity index (χ1v) is 6.38. The van der Waals surface area contributed by atoms with Crippen molar-refractivity contribution in [1.82, 2.24) is 4.98 Å². The van der Waals surface area contributed by atoms with E-state index in [1.165, 1.54) is 0 Å². The van der Waals surface area contributed by atoms with Crippen LogP contribution in [0.3, 0.4) is 0 Å². The molecule has 1 atom stereocenters. The highest BCUT2D eigenvalue weighted by Crippen LogP contribution is 2.17. The maximum Gasteiger partial charge on any atom is 0.0640 e. The van der Waals surface area contributed by atoms with Crippen LogP contribution in [0.5, 0.6) is 0 Å². The second-order valence-electron chi connectivity index (χ2n) is 4.98. The Kier molecular flexibility index (Phi) is 5.60. The Morgan fingerprint density at radius 1 is 1.39 bits per heavy atom. The number of anilines is 1. The molecular formula is C14H22N4. The molecule has 0 saturated carbocycles. The molecular weight excluding hydrogens is 224 g/mol. The molecule has 0 spiro atoms. The van der Waals surface area contributed by atoms with Gasteiger partial charge >= 0.3 is 0 Å². The molecule has 1 aromatic rings. The molecule has 0 radical (unpaired) electrons. The lowest BCUT2D eigenvalue weighted by Crippen LogP contribution is -2.28. The lowest BCUT2D eigenvalue weighted by Gasteiger charge is -2.25. The van der Waals surface area contributed by atoms with Gasteiger partial charge in [-0.2, -0.15) is 5.26 Å². The molecule has 0 aromatic carbocycles. The first-order valence-electron chi connectivity index (χ1n) is 6.38. The van der Waals surface area contributed by atoms with Crippen molar-refractivity contribution in [3.05, 3.63) is 24.0 Å². The minimum absolute atomic E-state index is 0.0447. The van der Waals surface area contributed by atoms with Gasteiger partial charge in [-0.1, -0.05) is 13.8 Å². The summed E-state index contributed by atoms with van der Waals surface area (Å²) in [6.07, 6.45) is 2.38. The van der Waals surface area contributed by atoms with Gasteiger partial charge in [-0.25, -0.2) is 0 Å². The molecule has 98 valence electrons. The van der Waals surface area contributed by atoms with Gasteiger partial charge in [-0.15, -0.1) is 0 Å². The van der Waals surface area contributed by atoms with Gasteiger partial charge in [0.15, 0.2) is 0 Å². The van der Waals surface area contributed by atoms with Crippen LogP contribution in [0.25, 0.3) is 0 Å². The van der Waals surface area contributed by atoms with E-state index in [-0.39, 0.29) is 6.04 Å². The number of hydrogen-bond donors (Lipinski definition) is 1. The maximum absolute atomic E-state index is 8.70. The van der Waals surface area contributed by atoms with Crippen LogP contribution in [-0.4, -0.2) is 18.1 Å². The number of pyridine rings is 1. The lowest BCUT2D eigenvalue weighted by molar-refractivity contribution is 0.611. The number of nitrogens with zero attached hydrogens (tertiary/aromatic N) is 3. The first-order chi connectivity index (χ1) is 8.54. The van der Waals surface area contributed by atoms with Crippen LogP contribution in [0.1, 0.15) is 38.9 Å². The summed E-state index contributed by atoms with van der Waals surface area (Å²) in [6.45, 7) is 7.94. The SMILES string of the molecule is CC(C)CN(CCC#N)c1ccc([C@H](C)N)nc1. The van der Waals surface area contributed by atoms with Gasteiger partial charge in [0.1, 0.15) is 0 Å². The van der Waals surface area contributed by atoms with Gasteiger partial charge in [-0.05, 0) is 25.0 Å². The van der Waals surface area contributed by atoms with E-state index >= 15 is 0 Å². The number of aromatic nitrogens is 1. The predicted octanol–water partition coefficient (Wildman–Crippen LogP) is 2.48. The average molecular weight is 246 g/mol. The zero-order valence-electron chi connectivity index (χ0n) is 11.4. The van der Waals surface area contributed by atoms with Crippen LogP contribution >= 0.6 is 0 Å². The third kappa shape index (κ3) is 4.34. The zero-order chi connectivity index (χ0) is 13.5. The standard InChI is InChI=1S/C14H22N4/c1-11(2)10-18(8-4-7-15)13-5-6-14(12(3)16)17-9-13/h5-6,9,11-12H,4,8,10,16H2,1-3H3/t12-/m0/s1. The summed E-state index contributed by atoms with van der Waals surface area (Å²) in [5.41, 5.74) is 7.73. The van der Waals surface area contributed by atoms with Crippen molar-refractivity contribution in [1.29, 1.82) is 5.26 Å². The first kappa shape index (κ1) is 14.5. The molecule has 18 heavy (non-hydrogen) atoms. The van der Waals surface area contributed by atoms with E-state index in [2.05, 4.69) is 29.8 Å². The van der Waals surface area contributed by atoms with Crippen LogP contribution in [0.2, 0.25) is 0 Å². The molecule has 0 amide bonds. The monoisotopic (exact) mass is 246 g/mol. The Morgan fingerprint density at radius 3 is 2.56 bits per heavy atom. The Labute approximate surface area is 109 Å². The molecule has 0 aliphatic carbocycles. The van der Waals surface area contributed by atoms with Crippen molar-refractivity contribution >= 4 is 5.69 Å². The highest BCUT2D eigenvalue weighted by atomic mass is 15.1. The van der Waals surface area contributed by atoms with Crippen LogP contribution < -0.4 is 10.6 Å². The third-order valence-corrected chi connectivity index (χ3v) is 2.68. The normalized spacial score (nSPS) is 12.2. The summed E-state index contributed by atoms with van der Waals surface area (Å²) in [7, 11) is 0. The van der Waals surface area contributed by atoms with Crippen molar-refractivity contribution in [2.75, 3.05) is 18.0 Å². The van der Waals surface area contributed by atoms with Gasteiger partial charge in [0.25, 0.3) is 0 Å². The van der Waals surface area contributed by atoms with Gasteiger partial charge in [0.05, 0.1) is 30.1 Å². The maximum atomic E-state index is 8.70. The van der Waals surface area contributed by atoms with E-state index in [1.54, 1.807) is 0 Å². The van der Waals surface area contributed by atoms with E-state index in [1.807, 2.05) is 25.3 Å². The fourth-order valence-corrected chi connectivity index (χ4v) is 1.81. The molecule has 1 rings (SSSR count). The van der Waals surface area contributed by atoms with Crippen molar-refractivity contribution < 1.29 is 0 Å². The molecule has 0 bridgehead atoms. The Bertz CT molecular complexity index is 389. The molecule has 4 heteroatoms. The second kappa shape index (κ2) is 6.97. The van der Waals surface area contributed by atoms with Crippen LogP contribution in [0.15, 0.2) is 18.3 Å².